The summed E-state index contributed by atoms with van der Waals surface area (Å²) in [5.74, 6) is 1.50. The maximum Gasteiger partial charge on any atom is 0.163 e. The molecule has 0 saturated carbocycles. The molecule has 0 fully saturated rings. The number of ether oxygens (including phenoxy) is 2. The Morgan fingerprint density at radius 2 is 1.90 bits per heavy atom. The number of anilines is 1. The van der Waals surface area contributed by atoms with Crippen LogP contribution in [0.3, 0.4) is 0 Å². The van der Waals surface area contributed by atoms with Crippen LogP contribution in [0.15, 0.2) is 46.9 Å². The average Bonchev–Trinajstić information content (AvgIpc) is 2.52. The van der Waals surface area contributed by atoms with Gasteiger partial charge in [0, 0.05) is 22.8 Å². The van der Waals surface area contributed by atoms with Gasteiger partial charge in [-0.15, -0.1) is 0 Å². The van der Waals surface area contributed by atoms with Crippen molar-refractivity contribution in [2.75, 3.05) is 25.1 Å². The first-order chi connectivity index (χ1) is 10.2. The van der Waals surface area contributed by atoms with Gasteiger partial charge in [-0.25, -0.2) is 0 Å². The molecule has 0 amide bonds. The highest BCUT2D eigenvalue weighted by Crippen LogP contribution is 2.32. The van der Waals surface area contributed by atoms with Crippen LogP contribution in [0.2, 0.25) is 0 Å². The van der Waals surface area contributed by atoms with Crippen LogP contribution < -0.4 is 14.8 Å². The van der Waals surface area contributed by atoms with E-state index < -0.39 is 6.10 Å². The van der Waals surface area contributed by atoms with Crippen molar-refractivity contribution < 1.29 is 14.6 Å². The number of hydrogen-bond donors (Lipinski definition) is 2. The van der Waals surface area contributed by atoms with Gasteiger partial charge in [-0.05, 0) is 29.8 Å². The van der Waals surface area contributed by atoms with Crippen molar-refractivity contribution in [3.63, 3.8) is 0 Å². The van der Waals surface area contributed by atoms with E-state index in [1.165, 1.54) is 0 Å². The van der Waals surface area contributed by atoms with E-state index >= 15 is 0 Å². The van der Waals surface area contributed by atoms with Gasteiger partial charge in [-0.2, -0.15) is 0 Å². The van der Waals surface area contributed by atoms with E-state index in [0.29, 0.717) is 19.8 Å². The van der Waals surface area contributed by atoms with Gasteiger partial charge in [0.25, 0.3) is 0 Å². The number of rotatable bonds is 4. The van der Waals surface area contributed by atoms with Crippen LogP contribution in [-0.4, -0.2) is 24.9 Å². The smallest absolute Gasteiger partial charge is 0.163 e. The van der Waals surface area contributed by atoms with Crippen LogP contribution in [0.5, 0.6) is 11.5 Å². The second kappa shape index (κ2) is 6.37. The molecule has 0 spiro atoms. The van der Waals surface area contributed by atoms with E-state index in [-0.39, 0.29) is 0 Å². The van der Waals surface area contributed by atoms with Crippen LogP contribution in [0, 0.1) is 0 Å². The maximum absolute atomic E-state index is 10.2. The number of fused-ring (bicyclic) bond motifs is 1. The fraction of sp³-hybridized carbons (Fsp3) is 0.250. The third kappa shape index (κ3) is 3.49. The zero-order valence-corrected chi connectivity index (χ0v) is 13.0. The van der Waals surface area contributed by atoms with Crippen LogP contribution in [0.25, 0.3) is 0 Å². The summed E-state index contributed by atoms with van der Waals surface area (Å²) in [5, 5.41) is 13.4. The zero-order chi connectivity index (χ0) is 14.7. The summed E-state index contributed by atoms with van der Waals surface area (Å²) >= 11 is 3.41. The molecule has 0 aliphatic carbocycles. The average molecular weight is 350 g/mol. The van der Waals surface area contributed by atoms with Crippen molar-refractivity contribution in [1.29, 1.82) is 0 Å². The van der Waals surface area contributed by atoms with Gasteiger partial charge in [-0.1, -0.05) is 28.1 Å². The molecule has 2 aromatic rings. The number of aliphatic hydroxyl groups is 1. The molecule has 1 aliphatic rings. The van der Waals surface area contributed by atoms with E-state index in [0.717, 1.165) is 27.2 Å². The largest absolute Gasteiger partial charge is 0.486 e. The molecule has 110 valence electrons. The fourth-order valence-electron chi connectivity index (χ4n) is 2.20. The molecule has 1 unspecified atom stereocenters. The minimum Gasteiger partial charge on any atom is -0.486 e. The summed E-state index contributed by atoms with van der Waals surface area (Å²) in [4.78, 5) is 0. The Bertz CT molecular complexity index is 633. The molecule has 3 rings (SSSR count). The van der Waals surface area contributed by atoms with E-state index in [1.54, 1.807) is 0 Å². The maximum atomic E-state index is 10.2. The van der Waals surface area contributed by atoms with Crippen molar-refractivity contribution in [1.82, 2.24) is 0 Å². The minimum absolute atomic E-state index is 0.427. The molecule has 5 heteroatoms. The third-order valence-corrected chi connectivity index (χ3v) is 3.77. The molecule has 0 saturated heterocycles. The first-order valence-corrected chi connectivity index (χ1v) is 7.59. The summed E-state index contributed by atoms with van der Waals surface area (Å²) in [6.07, 6.45) is -0.573. The molecule has 2 N–H and O–H groups in total. The SMILES string of the molecule is OC(CNc1ccc2c(c1)OCCO2)c1cccc(Br)c1. The number of nitrogens with one attached hydrogen (secondary N) is 1. The van der Waals surface area contributed by atoms with E-state index in [9.17, 15) is 5.11 Å². The summed E-state index contributed by atoms with van der Waals surface area (Å²) in [6.45, 7) is 1.58. The molecule has 0 aromatic heterocycles. The van der Waals surface area contributed by atoms with Gasteiger partial charge < -0.3 is 19.9 Å². The fourth-order valence-corrected chi connectivity index (χ4v) is 2.62. The van der Waals surface area contributed by atoms with Gasteiger partial charge >= 0.3 is 0 Å². The Kier molecular flexibility index (Phi) is 4.31. The molecule has 4 nitrogen and oxygen atoms in total. The molecule has 1 atom stereocenters. The molecule has 2 aromatic carbocycles. The van der Waals surface area contributed by atoms with Gasteiger partial charge in [0.2, 0.25) is 0 Å². The zero-order valence-electron chi connectivity index (χ0n) is 11.4. The lowest BCUT2D eigenvalue weighted by Gasteiger charge is -2.20. The highest BCUT2D eigenvalue weighted by atomic mass is 79.9. The molecule has 1 aliphatic heterocycles. The monoisotopic (exact) mass is 349 g/mol. The molecule has 1 heterocycles. The number of hydrogen-bond acceptors (Lipinski definition) is 4. The Hall–Kier alpha value is -1.72. The third-order valence-electron chi connectivity index (χ3n) is 3.28. The molecule has 0 bridgehead atoms. The van der Waals surface area contributed by atoms with E-state index in [4.69, 9.17) is 9.47 Å². The first-order valence-electron chi connectivity index (χ1n) is 6.79. The summed E-state index contributed by atoms with van der Waals surface area (Å²) in [5.41, 5.74) is 1.77. The predicted molar refractivity (Wildman–Crippen MR) is 85.0 cm³/mol. The van der Waals surface area contributed by atoms with Crippen LogP contribution in [0.1, 0.15) is 11.7 Å². The Balaban J connectivity index is 1.64. The van der Waals surface area contributed by atoms with Crippen LogP contribution in [-0.2, 0) is 0 Å². The predicted octanol–water partition coefficient (Wildman–Crippen LogP) is 3.37. The summed E-state index contributed by atoms with van der Waals surface area (Å²) in [7, 11) is 0. The lowest BCUT2D eigenvalue weighted by Crippen LogP contribution is -2.16. The number of halogens is 1. The van der Waals surface area contributed by atoms with E-state index in [2.05, 4.69) is 21.2 Å². The normalized spacial score (nSPS) is 14.6. The number of benzene rings is 2. The highest BCUT2D eigenvalue weighted by molar-refractivity contribution is 9.10. The van der Waals surface area contributed by atoms with Crippen molar-refractivity contribution in [3.05, 3.63) is 52.5 Å². The van der Waals surface area contributed by atoms with E-state index in [1.807, 2.05) is 42.5 Å². The lowest BCUT2D eigenvalue weighted by molar-refractivity contribution is 0.171. The molecule has 21 heavy (non-hydrogen) atoms. The van der Waals surface area contributed by atoms with Crippen molar-refractivity contribution in [2.45, 2.75) is 6.10 Å². The highest BCUT2D eigenvalue weighted by Gasteiger charge is 2.12. The van der Waals surface area contributed by atoms with Crippen LogP contribution >= 0.6 is 15.9 Å². The second-order valence-corrected chi connectivity index (χ2v) is 5.73. The Labute approximate surface area is 131 Å². The van der Waals surface area contributed by atoms with Gasteiger partial charge in [-0.3, -0.25) is 0 Å². The van der Waals surface area contributed by atoms with Crippen molar-refractivity contribution >= 4 is 21.6 Å². The minimum atomic E-state index is -0.573. The first kappa shape index (κ1) is 14.2. The van der Waals surface area contributed by atoms with Gasteiger partial charge in [0.15, 0.2) is 11.5 Å². The van der Waals surface area contributed by atoms with Crippen molar-refractivity contribution in [3.8, 4) is 11.5 Å². The van der Waals surface area contributed by atoms with Gasteiger partial charge in [0.1, 0.15) is 13.2 Å². The Morgan fingerprint density at radius 1 is 1.10 bits per heavy atom. The lowest BCUT2D eigenvalue weighted by atomic mass is 10.1. The Morgan fingerprint density at radius 3 is 2.71 bits per heavy atom. The van der Waals surface area contributed by atoms with Crippen LogP contribution in [0.4, 0.5) is 5.69 Å². The topological polar surface area (TPSA) is 50.7 Å². The van der Waals surface area contributed by atoms with Gasteiger partial charge in [0.05, 0.1) is 6.10 Å². The summed E-state index contributed by atoms with van der Waals surface area (Å²) in [6, 6.07) is 13.3. The standard InChI is InChI=1S/C16H16BrNO3/c17-12-3-1-2-11(8-12)14(19)10-18-13-4-5-15-16(9-13)21-7-6-20-15/h1-5,8-9,14,18-19H,6-7,10H2. The van der Waals surface area contributed by atoms with Crippen molar-refractivity contribution in [2.24, 2.45) is 0 Å². The molecule has 0 radical (unpaired) electrons. The second-order valence-electron chi connectivity index (χ2n) is 4.81. The molecular weight excluding hydrogens is 334 g/mol. The number of aliphatic hydroxyl groups excluding tert-OH is 1. The quantitative estimate of drug-likeness (QED) is 0.888. The molecular formula is C16H16BrNO3. The summed E-state index contributed by atoms with van der Waals surface area (Å²) < 4.78 is 12.0.